The Morgan fingerprint density at radius 3 is 2.71 bits per heavy atom. The van der Waals surface area contributed by atoms with E-state index in [4.69, 9.17) is 11.5 Å². The number of hydrogen-bond donors (Lipinski definition) is 2. The summed E-state index contributed by atoms with van der Waals surface area (Å²) < 4.78 is 0. The number of amides is 1. The van der Waals surface area contributed by atoms with E-state index < -0.39 is 5.54 Å². The van der Waals surface area contributed by atoms with Crippen LogP contribution in [0.1, 0.15) is 25.7 Å². The zero-order valence-electron chi connectivity index (χ0n) is 10.1. The van der Waals surface area contributed by atoms with E-state index >= 15 is 0 Å². The highest BCUT2D eigenvalue weighted by Gasteiger charge is 2.44. The zero-order chi connectivity index (χ0) is 12.5. The Hall–Kier alpha value is -1.12. The van der Waals surface area contributed by atoms with E-state index in [1.54, 1.807) is 0 Å². The molecule has 1 aliphatic carbocycles. The van der Waals surface area contributed by atoms with Gasteiger partial charge in [-0.25, -0.2) is 0 Å². The molecule has 1 aliphatic heterocycles. The Balaban J connectivity index is 1.94. The van der Waals surface area contributed by atoms with Crippen molar-refractivity contribution in [2.24, 2.45) is 23.3 Å². The van der Waals surface area contributed by atoms with E-state index in [-0.39, 0.29) is 11.8 Å². The van der Waals surface area contributed by atoms with Crippen molar-refractivity contribution < 1.29 is 4.79 Å². The average molecular weight is 236 g/mol. The Morgan fingerprint density at radius 2 is 2.18 bits per heavy atom. The third-order valence-corrected chi connectivity index (χ3v) is 3.91. The van der Waals surface area contributed by atoms with Crippen LogP contribution in [0.3, 0.4) is 0 Å². The van der Waals surface area contributed by atoms with E-state index in [0.717, 1.165) is 32.2 Å². The molecule has 0 aromatic rings. The van der Waals surface area contributed by atoms with Gasteiger partial charge < -0.3 is 11.5 Å². The largest absolute Gasteiger partial charge is 0.369 e. The second kappa shape index (κ2) is 4.63. The highest BCUT2D eigenvalue weighted by molar-refractivity contribution is 5.76. The Labute approximate surface area is 102 Å². The van der Waals surface area contributed by atoms with Crippen LogP contribution in [0.25, 0.3) is 0 Å². The molecule has 2 atom stereocenters. The SMILES string of the molecule is N#CC(N)(CN1CCCC(C(N)=O)C1)C1CC1. The van der Waals surface area contributed by atoms with Crippen molar-refractivity contribution in [1.82, 2.24) is 4.90 Å². The van der Waals surface area contributed by atoms with Crippen LogP contribution in [0.2, 0.25) is 0 Å². The summed E-state index contributed by atoms with van der Waals surface area (Å²) >= 11 is 0. The number of nitrogens with zero attached hydrogens (tertiary/aromatic N) is 2. The zero-order valence-corrected chi connectivity index (χ0v) is 10.1. The van der Waals surface area contributed by atoms with Crippen molar-refractivity contribution in [2.75, 3.05) is 19.6 Å². The van der Waals surface area contributed by atoms with Gasteiger partial charge >= 0.3 is 0 Å². The molecule has 0 aromatic heterocycles. The van der Waals surface area contributed by atoms with Gasteiger partial charge in [-0.2, -0.15) is 5.26 Å². The number of carbonyl (C=O) groups excluding carboxylic acids is 1. The average Bonchev–Trinajstić information content (AvgIpc) is 3.13. The third kappa shape index (κ3) is 2.76. The molecule has 1 saturated carbocycles. The van der Waals surface area contributed by atoms with Gasteiger partial charge in [-0.05, 0) is 38.1 Å². The first-order valence-electron chi connectivity index (χ1n) is 6.27. The van der Waals surface area contributed by atoms with Crippen LogP contribution in [0.15, 0.2) is 0 Å². The second-order valence-corrected chi connectivity index (χ2v) is 5.40. The second-order valence-electron chi connectivity index (χ2n) is 5.40. The molecule has 94 valence electrons. The Bertz CT molecular complexity index is 347. The number of carbonyl (C=O) groups is 1. The number of nitriles is 1. The standard InChI is InChI=1S/C12H20N4O/c13-7-12(15,10-3-4-10)8-16-5-1-2-9(6-16)11(14)17/h9-10H,1-6,8,15H2,(H2,14,17). The van der Waals surface area contributed by atoms with Crippen LogP contribution in [0, 0.1) is 23.2 Å². The summed E-state index contributed by atoms with van der Waals surface area (Å²) in [5.41, 5.74) is 10.7. The van der Waals surface area contributed by atoms with Gasteiger partial charge in [0.15, 0.2) is 0 Å². The first-order chi connectivity index (χ1) is 8.05. The Kier molecular flexibility index (Phi) is 3.36. The maximum atomic E-state index is 11.2. The molecule has 4 N–H and O–H groups in total. The van der Waals surface area contributed by atoms with Crippen LogP contribution in [0.5, 0.6) is 0 Å². The van der Waals surface area contributed by atoms with E-state index in [2.05, 4.69) is 11.0 Å². The van der Waals surface area contributed by atoms with E-state index in [1.165, 1.54) is 0 Å². The minimum Gasteiger partial charge on any atom is -0.369 e. The van der Waals surface area contributed by atoms with E-state index in [0.29, 0.717) is 19.0 Å². The van der Waals surface area contributed by atoms with Crippen LogP contribution < -0.4 is 11.5 Å². The van der Waals surface area contributed by atoms with Gasteiger partial charge in [0.2, 0.25) is 5.91 Å². The fourth-order valence-electron chi connectivity index (χ4n) is 2.66. The lowest BCUT2D eigenvalue weighted by Crippen LogP contribution is -2.54. The summed E-state index contributed by atoms with van der Waals surface area (Å²) in [5, 5.41) is 9.21. The lowest BCUT2D eigenvalue weighted by atomic mass is 9.92. The van der Waals surface area contributed by atoms with E-state index in [1.807, 2.05) is 0 Å². The van der Waals surface area contributed by atoms with Gasteiger partial charge in [-0.1, -0.05) is 0 Å². The van der Waals surface area contributed by atoms with Crippen LogP contribution >= 0.6 is 0 Å². The fraction of sp³-hybridized carbons (Fsp3) is 0.833. The monoisotopic (exact) mass is 236 g/mol. The Morgan fingerprint density at radius 1 is 1.47 bits per heavy atom. The van der Waals surface area contributed by atoms with Gasteiger partial charge in [-0.3, -0.25) is 9.69 Å². The van der Waals surface area contributed by atoms with Crippen LogP contribution in [-0.4, -0.2) is 36.0 Å². The number of rotatable bonds is 4. The van der Waals surface area contributed by atoms with Gasteiger partial charge in [0.1, 0.15) is 5.54 Å². The summed E-state index contributed by atoms with van der Waals surface area (Å²) in [6, 6.07) is 2.25. The molecule has 1 heterocycles. The molecule has 0 radical (unpaired) electrons. The van der Waals surface area contributed by atoms with E-state index in [9.17, 15) is 10.1 Å². The van der Waals surface area contributed by atoms with Crippen molar-refractivity contribution in [3.05, 3.63) is 0 Å². The lowest BCUT2D eigenvalue weighted by Gasteiger charge is -2.35. The molecule has 5 heteroatoms. The predicted molar refractivity (Wildman–Crippen MR) is 63.6 cm³/mol. The lowest BCUT2D eigenvalue weighted by molar-refractivity contribution is -0.123. The van der Waals surface area contributed by atoms with Crippen molar-refractivity contribution in [1.29, 1.82) is 5.26 Å². The molecule has 2 rings (SSSR count). The van der Waals surface area contributed by atoms with Gasteiger partial charge in [0, 0.05) is 13.1 Å². The summed E-state index contributed by atoms with van der Waals surface area (Å²) in [7, 11) is 0. The normalized spacial score (nSPS) is 29.3. The number of likely N-dealkylation sites (tertiary alicyclic amines) is 1. The molecular formula is C12H20N4O. The molecule has 2 fully saturated rings. The predicted octanol–water partition coefficient (Wildman–Crippen LogP) is -0.185. The van der Waals surface area contributed by atoms with Crippen LogP contribution in [0.4, 0.5) is 0 Å². The molecule has 2 aliphatic rings. The maximum Gasteiger partial charge on any atom is 0.221 e. The topological polar surface area (TPSA) is 96.1 Å². The number of primary amides is 1. The van der Waals surface area contributed by atoms with Gasteiger partial charge in [0.25, 0.3) is 0 Å². The molecule has 0 aromatic carbocycles. The summed E-state index contributed by atoms with van der Waals surface area (Å²) in [5.74, 6) is 0.0213. The first-order valence-corrected chi connectivity index (χ1v) is 6.27. The molecule has 5 nitrogen and oxygen atoms in total. The molecule has 1 amide bonds. The molecule has 1 saturated heterocycles. The van der Waals surface area contributed by atoms with Crippen molar-refractivity contribution >= 4 is 5.91 Å². The highest BCUT2D eigenvalue weighted by Crippen LogP contribution is 2.38. The van der Waals surface area contributed by atoms with Gasteiger partial charge in [0.05, 0.1) is 12.0 Å². The maximum absolute atomic E-state index is 11.2. The minimum absolute atomic E-state index is 0.0779. The smallest absolute Gasteiger partial charge is 0.221 e. The van der Waals surface area contributed by atoms with Crippen molar-refractivity contribution in [2.45, 2.75) is 31.2 Å². The van der Waals surface area contributed by atoms with Crippen molar-refractivity contribution in [3.63, 3.8) is 0 Å². The minimum atomic E-state index is -0.737. The molecule has 2 unspecified atom stereocenters. The fourth-order valence-corrected chi connectivity index (χ4v) is 2.66. The number of hydrogen-bond acceptors (Lipinski definition) is 4. The number of piperidine rings is 1. The first kappa shape index (κ1) is 12.3. The molecule has 0 bridgehead atoms. The molecule has 17 heavy (non-hydrogen) atoms. The highest BCUT2D eigenvalue weighted by atomic mass is 16.1. The molecule has 0 spiro atoms. The summed E-state index contributed by atoms with van der Waals surface area (Å²) in [4.78, 5) is 13.3. The number of nitrogens with two attached hydrogens (primary N) is 2. The quantitative estimate of drug-likeness (QED) is 0.707. The summed E-state index contributed by atoms with van der Waals surface area (Å²) in [6.45, 7) is 2.14. The third-order valence-electron chi connectivity index (χ3n) is 3.91. The summed E-state index contributed by atoms with van der Waals surface area (Å²) in [6.07, 6.45) is 3.92. The molecular weight excluding hydrogens is 216 g/mol. The van der Waals surface area contributed by atoms with Gasteiger partial charge in [-0.15, -0.1) is 0 Å². The van der Waals surface area contributed by atoms with Crippen molar-refractivity contribution in [3.8, 4) is 6.07 Å². The van der Waals surface area contributed by atoms with Crippen LogP contribution in [-0.2, 0) is 4.79 Å².